The Kier molecular flexibility index (Phi) is 10.5. The zero-order chi connectivity index (χ0) is 30.7. The van der Waals surface area contributed by atoms with E-state index < -0.39 is 35.1 Å². The van der Waals surface area contributed by atoms with Gasteiger partial charge >= 0.3 is 0 Å². The average molecular weight is 589 g/mol. The van der Waals surface area contributed by atoms with Crippen molar-refractivity contribution < 1.29 is 29.0 Å². The van der Waals surface area contributed by atoms with Crippen LogP contribution in [0.5, 0.6) is 0 Å². The fraction of sp³-hybridized carbons (Fsp3) is 0.781. The number of morpholine rings is 1. The SMILES string of the molecule is C=CCN(CCN1CCOCC1)C(=O)C1N([C@@H](CO)CC(C)C)C(=O)[C@@H]2[C@@H](C(=O)N(CC=C)CCC)[C@@]3(C)CCC12O3. The Morgan fingerprint density at radius 1 is 1.10 bits per heavy atom. The third kappa shape index (κ3) is 5.92. The molecule has 0 aromatic rings. The first-order valence-electron chi connectivity index (χ1n) is 15.8. The molecule has 236 valence electrons. The maximum atomic E-state index is 14.7. The molecule has 2 unspecified atom stereocenters. The predicted octanol–water partition coefficient (Wildman–Crippen LogP) is 1.93. The standard InChI is InChI=1S/C32H52N4O6/c1-7-12-34(13-8-2)28(38)25-26-29(39)36(24(22-37)21-23(4)5)27(32(26)11-10-31(25,6)42-32)30(40)35(14-9-3)16-15-33-17-19-41-20-18-33/h7,9,23-27,37H,1,3,8,10-22H2,2,4-6H3/t24-,25+,26+,27?,31-,32?/m1/s1. The number of hydrogen-bond acceptors (Lipinski definition) is 7. The molecule has 10 heteroatoms. The number of fused-ring (bicyclic) bond motifs is 1. The van der Waals surface area contributed by atoms with Gasteiger partial charge in [-0.05, 0) is 38.5 Å². The van der Waals surface area contributed by atoms with Gasteiger partial charge in [0.25, 0.3) is 0 Å². The van der Waals surface area contributed by atoms with Crippen LogP contribution < -0.4 is 0 Å². The van der Waals surface area contributed by atoms with E-state index in [1.165, 1.54) is 0 Å². The second-order valence-electron chi connectivity index (χ2n) is 13.0. The van der Waals surface area contributed by atoms with Crippen LogP contribution in [0.25, 0.3) is 0 Å². The smallest absolute Gasteiger partial charge is 0.248 e. The monoisotopic (exact) mass is 588 g/mol. The number of rotatable bonds is 15. The molecule has 4 aliphatic rings. The van der Waals surface area contributed by atoms with E-state index in [4.69, 9.17) is 9.47 Å². The van der Waals surface area contributed by atoms with Crippen molar-refractivity contribution >= 4 is 17.7 Å². The van der Waals surface area contributed by atoms with E-state index in [-0.39, 0.29) is 30.2 Å². The molecule has 1 N–H and O–H groups in total. The molecule has 0 aliphatic carbocycles. The fourth-order valence-electron chi connectivity index (χ4n) is 7.85. The third-order valence-electron chi connectivity index (χ3n) is 9.67. The quantitative estimate of drug-likeness (QED) is 0.292. The number of amides is 3. The van der Waals surface area contributed by atoms with Crippen LogP contribution in [0.3, 0.4) is 0 Å². The Morgan fingerprint density at radius 2 is 1.74 bits per heavy atom. The number of carbonyl (C=O) groups excluding carboxylic acids is 3. The molecule has 4 fully saturated rings. The molecule has 4 heterocycles. The summed E-state index contributed by atoms with van der Waals surface area (Å²) in [5.41, 5.74) is -1.98. The van der Waals surface area contributed by atoms with Gasteiger partial charge in [-0.1, -0.05) is 32.9 Å². The van der Waals surface area contributed by atoms with Crippen molar-refractivity contribution in [1.29, 1.82) is 0 Å². The van der Waals surface area contributed by atoms with Crippen molar-refractivity contribution in [3.05, 3.63) is 25.3 Å². The highest BCUT2D eigenvalue weighted by atomic mass is 16.5. The van der Waals surface area contributed by atoms with Crippen molar-refractivity contribution in [2.45, 2.75) is 76.7 Å². The molecule has 1 spiro atoms. The van der Waals surface area contributed by atoms with Gasteiger partial charge in [0, 0.05) is 45.8 Å². The molecule has 2 bridgehead atoms. The summed E-state index contributed by atoms with van der Waals surface area (Å²) in [7, 11) is 0. The van der Waals surface area contributed by atoms with E-state index in [1.807, 2.05) is 27.7 Å². The van der Waals surface area contributed by atoms with Crippen LogP contribution in [-0.4, -0.2) is 131 Å². The third-order valence-corrected chi connectivity index (χ3v) is 9.67. The van der Waals surface area contributed by atoms with Crippen LogP contribution in [0.4, 0.5) is 0 Å². The second kappa shape index (κ2) is 13.6. The number of carbonyl (C=O) groups is 3. The summed E-state index contributed by atoms with van der Waals surface area (Å²) < 4.78 is 12.3. The summed E-state index contributed by atoms with van der Waals surface area (Å²) in [5, 5.41) is 10.6. The van der Waals surface area contributed by atoms with Gasteiger partial charge in [-0.15, -0.1) is 13.2 Å². The Hall–Kier alpha value is -2.27. The minimum Gasteiger partial charge on any atom is -0.394 e. The van der Waals surface area contributed by atoms with Crippen LogP contribution in [0, 0.1) is 17.8 Å². The first-order chi connectivity index (χ1) is 20.1. The summed E-state index contributed by atoms with van der Waals surface area (Å²) in [5.74, 6) is -1.87. The van der Waals surface area contributed by atoms with Crippen LogP contribution in [-0.2, 0) is 23.9 Å². The summed E-state index contributed by atoms with van der Waals surface area (Å²) in [6.07, 6.45) is 5.84. The van der Waals surface area contributed by atoms with Crippen molar-refractivity contribution in [3.8, 4) is 0 Å². The van der Waals surface area contributed by atoms with Gasteiger partial charge in [0.2, 0.25) is 17.7 Å². The van der Waals surface area contributed by atoms with E-state index in [0.717, 1.165) is 19.5 Å². The molecule has 42 heavy (non-hydrogen) atoms. The van der Waals surface area contributed by atoms with Gasteiger partial charge in [-0.2, -0.15) is 0 Å². The van der Waals surface area contributed by atoms with E-state index >= 15 is 0 Å². The summed E-state index contributed by atoms with van der Waals surface area (Å²) in [6.45, 7) is 20.9. The Bertz CT molecular complexity index is 1010. The lowest BCUT2D eigenvalue weighted by Crippen LogP contribution is -2.59. The molecule has 4 aliphatic heterocycles. The van der Waals surface area contributed by atoms with Gasteiger partial charge < -0.3 is 29.3 Å². The number of likely N-dealkylation sites (tertiary alicyclic amines) is 1. The van der Waals surface area contributed by atoms with Gasteiger partial charge in [0.1, 0.15) is 11.6 Å². The number of aliphatic hydroxyl groups excluding tert-OH is 1. The van der Waals surface area contributed by atoms with Gasteiger partial charge in [-0.25, -0.2) is 0 Å². The second-order valence-corrected chi connectivity index (χ2v) is 13.0. The number of ether oxygens (including phenoxy) is 2. The topological polar surface area (TPSA) is 103 Å². The summed E-state index contributed by atoms with van der Waals surface area (Å²) >= 11 is 0. The fourth-order valence-corrected chi connectivity index (χ4v) is 7.85. The van der Waals surface area contributed by atoms with Gasteiger partial charge in [0.05, 0.1) is 43.3 Å². The van der Waals surface area contributed by atoms with Crippen LogP contribution in [0.2, 0.25) is 0 Å². The molecule has 4 rings (SSSR count). The molecular weight excluding hydrogens is 536 g/mol. The van der Waals surface area contributed by atoms with Crippen LogP contribution in [0.1, 0.15) is 53.4 Å². The lowest BCUT2D eigenvalue weighted by molar-refractivity contribution is -0.157. The van der Waals surface area contributed by atoms with Crippen molar-refractivity contribution in [2.75, 3.05) is 65.6 Å². The highest BCUT2D eigenvalue weighted by Gasteiger charge is 2.78. The van der Waals surface area contributed by atoms with Crippen molar-refractivity contribution in [2.24, 2.45) is 17.8 Å². The maximum Gasteiger partial charge on any atom is 0.248 e. The van der Waals surface area contributed by atoms with Crippen molar-refractivity contribution in [1.82, 2.24) is 19.6 Å². The Labute approximate surface area is 251 Å². The Morgan fingerprint density at radius 3 is 2.31 bits per heavy atom. The Balaban J connectivity index is 1.74. The zero-order valence-corrected chi connectivity index (χ0v) is 26.1. The summed E-state index contributed by atoms with van der Waals surface area (Å²) in [4.78, 5) is 50.9. The minimum absolute atomic E-state index is 0.119. The van der Waals surface area contributed by atoms with Crippen LogP contribution >= 0.6 is 0 Å². The first-order valence-corrected chi connectivity index (χ1v) is 15.8. The molecule has 0 saturated carbocycles. The lowest BCUT2D eigenvalue weighted by Gasteiger charge is -2.40. The van der Waals surface area contributed by atoms with Gasteiger partial charge in [0.15, 0.2) is 0 Å². The largest absolute Gasteiger partial charge is 0.394 e. The maximum absolute atomic E-state index is 14.7. The lowest BCUT2D eigenvalue weighted by atomic mass is 9.66. The van der Waals surface area contributed by atoms with Crippen LogP contribution in [0.15, 0.2) is 25.3 Å². The first kappa shape index (κ1) is 32.6. The van der Waals surface area contributed by atoms with Gasteiger partial charge in [-0.3, -0.25) is 19.3 Å². The minimum atomic E-state index is -1.13. The van der Waals surface area contributed by atoms with E-state index in [9.17, 15) is 19.5 Å². The van der Waals surface area contributed by atoms with E-state index in [1.54, 1.807) is 26.9 Å². The van der Waals surface area contributed by atoms with E-state index in [0.29, 0.717) is 65.2 Å². The number of aliphatic hydroxyl groups is 1. The molecule has 0 radical (unpaired) electrons. The molecule has 3 amide bonds. The van der Waals surface area contributed by atoms with E-state index in [2.05, 4.69) is 18.1 Å². The molecule has 10 nitrogen and oxygen atoms in total. The molecule has 0 aromatic carbocycles. The summed E-state index contributed by atoms with van der Waals surface area (Å²) in [6, 6.07) is -1.48. The number of hydrogen-bond donors (Lipinski definition) is 1. The normalized spacial score (nSPS) is 31.3. The molecule has 0 aromatic heterocycles. The highest BCUT2D eigenvalue weighted by molar-refractivity contribution is 5.99. The molecular formula is C32H52N4O6. The van der Waals surface area contributed by atoms with Crippen molar-refractivity contribution in [3.63, 3.8) is 0 Å². The number of nitrogens with zero attached hydrogens (tertiary/aromatic N) is 4. The highest BCUT2D eigenvalue weighted by Crippen LogP contribution is 2.64. The zero-order valence-electron chi connectivity index (χ0n) is 26.1. The average Bonchev–Trinajstić information content (AvgIpc) is 3.54. The molecule has 4 saturated heterocycles. The predicted molar refractivity (Wildman–Crippen MR) is 161 cm³/mol. The molecule has 6 atom stereocenters.